The Bertz CT molecular complexity index is 1750. The molecule has 5 heteroatoms. The van der Waals surface area contributed by atoms with Gasteiger partial charge in [-0.3, -0.25) is 0 Å². The van der Waals surface area contributed by atoms with Crippen molar-refractivity contribution in [2.45, 2.75) is 26.8 Å². The van der Waals surface area contributed by atoms with E-state index in [0.717, 1.165) is 28.1 Å². The van der Waals surface area contributed by atoms with Gasteiger partial charge in [0.1, 0.15) is 11.5 Å². The zero-order valence-corrected chi connectivity index (χ0v) is 32.8. The number of aryl methyl sites for hydroxylation is 3. The van der Waals surface area contributed by atoms with Gasteiger partial charge >= 0.3 is 25.8 Å². The summed E-state index contributed by atoms with van der Waals surface area (Å²) in [7, 11) is 0. The van der Waals surface area contributed by atoms with Crippen LogP contribution in [0.4, 0.5) is 5.69 Å². The molecule has 1 aliphatic rings. The third-order valence-electron chi connectivity index (χ3n) is 7.69. The Morgan fingerprint density at radius 3 is 1.42 bits per heavy atom. The minimum Gasteiger partial charge on any atom is -0.457 e. The van der Waals surface area contributed by atoms with E-state index in [0.29, 0.717) is 12.3 Å². The first kappa shape index (κ1) is 39.3. The summed E-state index contributed by atoms with van der Waals surface area (Å²) in [5.41, 5.74) is 8.98. The number of anilines is 1. The van der Waals surface area contributed by atoms with Crippen LogP contribution in [0.2, 0.25) is 0 Å². The number of nitrogens with one attached hydrogen (secondary N) is 1. The van der Waals surface area contributed by atoms with Crippen molar-refractivity contribution in [1.82, 2.24) is 5.32 Å². The van der Waals surface area contributed by atoms with Gasteiger partial charge in [-0.25, -0.2) is 0 Å². The second-order valence-corrected chi connectivity index (χ2v) is 11.7. The van der Waals surface area contributed by atoms with Crippen LogP contribution in [0.15, 0.2) is 158 Å². The summed E-state index contributed by atoms with van der Waals surface area (Å²) in [5.74, 6) is 1.62. The van der Waals surface area contributed by atoms with Crippen molar-refractivity contribution in [2.75, 3.05) is 11.4 Å². The van der Waals surface area contributed by atoms with E-state index in [1.165, 1.54) is 22.3 Å². The SMILES string of the molecule is Cc1cc(C)c(C2CNC(=[N-])N2c2ccccc2Oc2ccccc2)c(C)c1.[CH2-]c1ccccc1.[CH2-]c1ccccc1.[CH2-]c1ccccc1.[Hf+4]. The zero-order chi connectivity index (χ0) is 35.0. The summed E-state index contributed by atoms with van der Waals surface area (Å²) in [4.78, 5) is 1.93. The van der Waals surface area contributed by atoms with Crippen LogP contribution < -0.4 is 15.0 Å². The number of para-hydroxylation sites is 3. The van der Waals surface area contributed by atoms with Crippen LogP contribution in [0.5, 0.6) is 11.5 Å². The van der Waals surface area contributed by atoms with E-state index in [2.05, 4.69) is 59.0 Å². The molecule has 1 heterocycles. The van der Waals surface area contributed by atoms with E-state index >= 15 is 0 Å². The fraction of sp³-hybridized carbons (Fsp3) is 0.111. The Morgan fingerprint density at radius 2 is 1.00 bits per heavy atom. The number of guanidine groups is 1. The van der Waals surface area contributed by atoms with E-state index in [4.69, 9.17) is 4.74 Å². The molecule has 0 aromatic heterocycles. The number of hydrogen-bond acceptors (Lipinski definition) is 1. The van der Waals surface area contributed by atoms with E-state index < -0.39 is 0 Å². The number of hydrogen-bond donors (Lipinski definition) is 1. The number of benzene rings is 6. The molecular formula is C45H45HfN3O. The molecule has 6 aromatic carbocycles. The minimum atomic E-state index is -0.0128. The van der Waals surface area contributed by atoms with Gasteiger partial charge in [-0.2, -0.15) is 73.9 Å². The predicted molar refractivity (Wildman–Crippen MR) is 208 cm³/mol. The maximum Gasteiger partial charge on any atom is 4.00 e. The summed E-state index contributed by atoms with van der Waals surface area (Å²) in [6.07, 6.45) is 0. The molecule has 7 rings (SSSR count). The van der Waals surface area contributed by atoms with E-state index in [9.17, 15) is 5.41 Å². The molecule has 0 spiro atoms. The average Bonchev–Trinajstić information content (AvgIpc) is 3.47. The Hall–Kier alpha value is -5.13. The molecule has 1 N–H and O–H groups in total. The second-order valence-electron chi connectivity index (χ2n) is 11.7. The van der Waals surface area contributed by atoms with Gasteiger partial charge in [-0.15, -0.1) is 36.4 Å². The number of rotatable bonds is 4. The number of nitrogens with zero attached hydrogens (tertiary/aromatic N) is 2. The van der Waals surface area contributed by atoms with Crippen molar-refractivity contribution < 1.29 is 30.6 Å². The van der Waals surface area contributed by atoms with Gasteiger partial charge in [0.05, 0.1) is 0 Å². The van der Waals surface area contributed by atoms with Gasteiger partial charge in [-0.05, 0) is 68.3 Å². The maximum atomic E-state index is 10.7. The zero-order valence-electron chi connectivity index (χ0n) is 29.2. The normalized spacial score (nSPS) is 12.7. The molecule has 1 fully saturated rings. The van der Waals surface area contributed by atoms with Gasteiger partial charge in [0.15, 0.2) is 0 Å². The molecule has 0 saturated carbocycles. The quantitative estimate of drug-likeness (QED) is 0.142. The summed E-state index contributed by atoms with van der Waals surface area (Å²) < 4.78 is 6.14. The number of ether oxygens (including phenoxy) is 1. The largest absolute Gasteiger partial charge is 4.00 e. The van der Waals surface area contributed by atoms with Gasteiger partial charge in [-0.1, -0.05) is 66.2 Å². The molecule has 0 bridgehead atoms. The van der Waals surface area contributed by atoms with Crippen LogP contribution in [0, 0.1) is 41.5 Å². The smallest absolute Gasteiger partial charge is 0.457 e. The summed E-state index contributed by atoms with van der Waals surface area (Å²) >= 11 is 0. The molecule has 0 aliphatic carbocycles. The molecular weight excluding hydrogens is 777 g/mol. The molecule has 6 aromatic rings. The van der Waals surface area contributed by atoms with Crippen LogP contribution in [-0.4, -0.2) is 12.5 Å². The first-order valence-electron chi connectivity index (χ1n) is 16.3. The molecule has 0 amide bonds. The van der Waals surface area contributed by atoms with Gasteiger partial charge in [0, 0.05) is 17.7 Å². The molecule has 0 radical (unpaired) electrons. The van der Waals surface area contributed by atoms with E-state index in [1.54, 1.807) is 0 Å². The van der Waals surface area contributed by atoms with Crippen LogP contribution in [0.25, 0.3) is 5.41 Å². The Morgan fingerprint density at radius 1 is 0.600 bits per heavy atom. The van der Waals surface area contributed by atoms with Crippen molar-refractivity contribution in [3.05, 3.63) is 223 Å². The second kappa shape index (κ2) is 20.4. The van der Waals surface area contributed by atoms with Crippen LogP contribution in [-0.2, 0) is 25.8 Å². The molecule has 1 aliphatic heterocycles. The van der Waals surface area contributed by atoms with E-state index in [1.807, 2.05) is 150 Å². The van der Waals surface area contributed by atoms with Crippen LogP contribution in [0.1, 0.15) is 45.0 Å². The first-order valence-corrected chi connectivity index (χ1v) is 16.3. The van der Waals surface area contributed by atoms with Crippen molar-refractivity contribution in [3.63, 3.8) is 0 Å². The Kier molecular flexibility index (Phi) is 16.0. The van der Waals surface area contributed by atoms with Gasteiger partial charge in [0.25, 0.3) is 0 Å². The molecule has 250 valence electrons. The predicted octanol–water partition coefficient (Wildman–Crippen LogP) is 11.1. The van der Waals surface area contributed by atoms with Crippen LogP contribution in [0.3, 0.4) is 0 Å². The van der Waals surface area contributed by atoms with Crippen molar-refractivity contribution >= 4 is 11.6 Å². The topological polar surface area (TPSA) is 46.8 Å². The maximum absolute atomic E-state index is 10.7. The fourth-order valence-corrected chi connectivity index (χ4v) is 5.53. The molecule has 4 nitrogen and oxygen atoms in total. The summed E-state index contributed by atoms with van der Waals surface area (Å²) in [5, 5.41) is 13.8. The molecule has 1 unspecified atom stereocenters. The first-order chi connectivity index (χ1) is 23.7. The monoisotopic (exact) mass is 823 g/mol. The van der Waals surface area contributed by atoms with Gasteiger partial charge < -0.3 is 20.4 Å². The Balaban J connectivity index is 0.000000247. The minimum absolute atomic E-state index is 0. The van der Waals surface area contributed by atoms with Crippen LogP contribution >= 0.6 is 0 Å². The van der Waals surface area contributed by atoms with Crippen molar-refractivity contribution in [3.8, 4) is 11.5 Å². The molecule has 1 atom stereocenters. The summed E-state index contributed by atoms with van der Waals surface area (Å²) in [6.45, 7) is 18.2. The van der Waals surface area contributed by atoms with Crippen molar-refractivity contribution in [2.24, 2.45) is 0 Å². The van der Waals surface area contributed by atoms with Gasteiger partial charge in [0.2, 0.25) is 0 Å². The third-order valence-corrected chi connectivity index (χ3v) is 7.69. The average molecular weight is 822 g/mol. The Labute approximate surface area is 318 Å². The molecule has 1 saturated heterocycles. The molecule has 50 heavy (non-hydrogen) atoms. The third kappa shape index (κ3) is 12.1. The standard InChI is InChI=1S/C24H24N3O.3C7H7.Hf/c1-16-13-17(2)23(18(3)14-16)21-15-26-24(25)27(21)20-11-7-8-12-22(20)28-19-9-5-4-6-10-19;3*1-7-5-3-2-4-6-7;/h4-14,21H,15H2,1-3H3,(H-,25,26);3*2-6H,1H2;/q4*-1;+4. The summed E-state index contributed by atoms with van der Waals surface area (Å²) in [6, 6.07) is 51.5. The van der Waals surface area contributed by atoms with E-state index in [-0.39, 0.29) is 37.8 Å². The van der Waals surface area contributed by atoms with Crippen molar-refractivity contribution in [1.29, 1.82) is 0 Å². The fourth-order valence-electron chi connectivity index (χ4n) is 5.53.